The molecule has 0 aliphatic carbocycles. The van der Waals surface area contributed by atoms with Crippen molar-refractivity contribution < 1.29 is 14.6 Å². The number of hydrogen-bond acceptors (Lipinski definition) is 3. The predicted octanol–water partition coefficient (Wildman–Crippen LogP) is 3.39. The van der Waals surface area contributed by atoms with Gasteiger partial charge in [-0.25, -0.2) is 0 Å². The zero-order chi connectivity index (χ0) is 14.6. The molecule has 0 spiro atoms. The minimum Gasteiger partial charge on any atom is -0.466 e. The van der Waals surface area contributed by atoms with Gasteiger partial charge in [0.05, 0.1) is 12.2 Å². The van der Waals surface area contributed by atoms with E-state index in [9.17, 15) is 9.90 Å². The van der Waals surface area contributed by atoms with Gasteiger partial charge in [0, 0.05) is 6.42 Å². The average Bonchev–Trinajstić information content (AvgIpc) is 2.45. The number of carbonyl (C=O) groups excluding carboxylic acids is 1. The first-order valence-electron chi connectivity index (χ1n) is 6.91. The predicted molar refractivity (Wildman–Crippen MR) is 79.4 cm³/mol. The van der Waals surface area contributed by atoms with Crippen LogP contribution in [-0.2, 0) is 15.1 Å². The maximum Gasteiger partial charge on any atom is 0.305 e. The number of fused-ring (bicyclic) bond motifs is 1. The van der Waals surface area contributed by atoms with Gasteiger partial charge in [-0.05, 0) is 36.6 Å². The van der Waals surface area contributed by atoms with E-state index in [1.165, 1.54) is 0 Å². The Labute approximate surface area is 119 Å². The second-order valence-corrected chi connectivity index (χ2v) is 5.11. The van der Waals surface area contributed by atoms with E-state index in [2.05, 4.69) is 0 Å². The Kier molecular flexibility index (Phi) is 4.40. The number of ether oxygens (including phenoxy) is 1. The Morgan fingerprint density at radius 3 is 2.65 bits per heavy atom. The van der Waals surface area contributed by atoms with Crippen LogP contribution in [0.2, 0.25) is 0 Å². The first-order valence-corrected chi connectivity index (χ1v) is 6.91. The Morgan fingerprint density at radius 1 is 1.20 bits per heavy atom. The van der Waals surface area contributed by atoms with Gasteiger partial charge >= 0.3 is 5.97 Å². The summed E-state index contributed by atoms with van der Waals surface area (Å²) in [6.45, 7) is 3.89. The van der Waals surface area contributed by atoms with Crippen LogP contribution in [0.5, 0.6) is 0 Å². The number of carbonyl (C=O) groups is 1. The minimum absolute atomic E-state index is 0.212. The summed E-state index contributed by atoms with van der Waals surface area (Å²) < 4.78 is 4.91. The number of benzene rings is 2. The molecular formula is C17H20O3. The van der Waals surface area contributed by atoms with E-state index in [-0.39, 0.29) is 12.4 Å². The van der Waals surface area contributed by atoms with Gasteiger partial charge in [-0.3, -0.25) is 4.79 Å². The summed E-state index contributed by atoms with van der Waals surface area (Å²) in [5, 5.41) is 12.8. The first-order chi connectivity index (χ1) is 9.54. The third-order valence-electron chi connectivity index (χ3n) is 3.49. The van der Waals surface area contributed by atoms with Crippen LogP contribution in [0, 0.1) is 0 Å². The second-order valence-electron chi connectivity index (χ2n) is 5.11. The molecule has 3 nitrogen and oxygen atoms in total. The van der Waals surface area contributed by atoms with Gasteiger partial charge < -0.3 is 9.84 Å². The molecule has 3 heteroatoms. The van der Waals surface area contributed by atoms with Crippen LogP contribution in [-0.4, -0.2) is 17.7 Å². The van der Waals surface area contributed by atoms with Crippen molar-refractivity contribution in [1.29, 1.82) is 0 Å². The Balaban J connectivity index is 2.25. The number of hydrogen-bond donors (Lipinski definition) is 1. The maximum atomic E-state index is 11.5. The fraction of sp³-hybridized carbons (Fsp3) is 0.353. The summed E-state index contributed by atoms with van der Waals surface area (Å²) in [6.07, 6.45) is 0.559. The number of esters is 1. The lowest BCUT2D eigenvalue weighted by Gasteiger charge is -2.25. The minimum atomic E-state index is -1.05. The van der Waals surface area contributed by atoms with Crippen molar-refractivity contribution in [3.63, 3.8) is 0 Å². The second kappa shape index (κ2) is 6.06. The van der Waals surface area contributed by atoms with Crippen molar-refractivity contribution >= 4 is 16.7 Å². The van der Waals surface area contributed by atoms with E-state index in [4.69, 9.17) is 4.74 Å². The third-order valence-corrected chi connectivity index (χ3v) is 3.49. The lowest BCUT2D eigenvalue weighted by Crippen LogP contribution is -2.23. The molecule has 0 amide bonds. The molecule has 0 fully saturated rings. The molecule has 20 heavy (non-hydrogen) atoms. The number of aliphatic hydroxyl groups is 1. The lowest BCUT2D eigenvalue weighted by atomic mass is 9.87. The van der Waals surface area contributed by atoms with Crippen molar-refractivity contribution in [2.75, 3.05) is 6.61 Å². The number of rotatable bonds is 5. The molecule has 0 heterocycles. The van der Waals surface area contributed by atoms with Gasteiger partial charge in [0.1, 0.15) is 0 Å². The van der Waals surface area contributed by atoms with Gasteiger partial charge in [0.15, 0.2) is 0 Å². The molecule has 1 atom stereocenters. The zero-order valence-electron chi connectivity index (χ0n) is 11.9. The van der Waals surface area contributed by atoms with E-state index >= 15 is 0 Å². The Bertz CT molecular complexity index is 597. The van der Waals surface area contributed by atoms with E-state index in [0.29, 0.717) is 13.0 Å². The monoisotopic (exact) mass is 272 g/mol. The SMILES string of the molecule is CCOC(=O)CCC(C)(O)c1cccc2ccccc12. The lowest BCUT2D eigenvalue weighted by molar-refractivity contribution is -0.144. The van der Waals surface area contributed by atoms with Gasteiger partial charge in [-0.2, -0.15) is 0 Å². The van der Waals surface area contributed by atoms with Crippen LogP contribution < -0.4 is 0 Å². The van der Waals surface area contributed by atoms with Crippen molar-refractivity contribution in [3.8, 4) is 0 Å². The molecule has 2 aromatic rings. The highest BCUT2D eigenvalue weighted by atomic mass is 16.5. The average molecular weight is 272 g/mol. The van der Waals surface area contributed by atoms with Gasteiger partial charge in [-0.1, -0.05) is 42.5 Å². The summed E-state index contributed by atoms with van der Waals surface area (Å²) in [5.74, 6) is -0.270. The maximum absolute atomic E-state index is 11.5. The van der Waals surface area contributed by atoms with Crippen molar-refractivity contribution in [2.45, 2.75) is 32.3 Å². The molecule has 0 saturated heterocycles. The molecule has 2 rings (SSSR count). The summed E-state index contributed by atoms with van der Waals surface area (Å²) >= 11 is 0. The molecule has 0 radical (unpaired) electrons. The molecule has 0 aromatic heterocycles. The largest absolute Gasteiger partial charge is 0.466 e. The molecule has 0 aliphatic rings. The van der Waals surface area contributed by atoms with E-state index in [0.717, 1.165) is 16.3 Å². The van der Waals surface area contributed by atoms with Crippen molar-refractivity contribution in [1.82, 2.24) is 0 Å². The van der Waals surface area contributed by atoms with Gasteiger partial charge in [0.25, 0.3) is 0 Å². The fourth-order valence-corrected chi connectivity index (χ4v) is 2.41. The smallest absolute Gasteiger partial charge is 0.305 e. The van der Waals surface area contributed by atoms with Crippen LogP contribution >= 0.6 is 0 Å². The third kappa shape index (κ3) is 3.17. The van der Waals surface area contributed by atoms with Gasteiger partial charge in [-0.15, -0.1) is 0 Å². The van der Waals surface area contributed by atoms with Crippen LogP contribution in [0.4, 0.5) is 0 Å². The summed E-state index contributed by atoms with van der Waals surface area (Å²) in [4.78, 5) is 11.5. The van der Waals surface area contributed by atoms with Crippen LogP contribution in [0.3, 0.4) is 0 Å². The highest BCUT2D eigenvalue weighted by molar-refractivity contribution is 5.86. The Morgan fingerprint density at radius 2 is 1.90 bits per heavy atom. The molecule has 0 saturated carbocycles. The summed E-state index contributed by atoms with van der Waals surface area (Å²) in [7, 11) is 0. The highest BCUT2D eigenvalue weighted by Crippen LogP contribution is 2.32. The van der Waals surface area contributed by atoms with Crippen LogP contribution in [0.1, 0.15) is 32.3 Å². The molecule has 0 aliphatic heterocycles. The van der Waals surface area contributed by atoms with Crippen LogP contribution in [0.25, 0.3) is 10.8 Å². The standard InChI is InChI=1S/C17H20O3/c1-3-20-16(18)11-12-17(2,19)15-10-6-8-13-7-4-5-9-14(13)15/h4-10,19H,3,11-12H2,1-2H3. The topological polar surface area (TPSA) is 46.5 Å². The quantitative estimate of drug-likeness (QED) is 0.849. The van der Waals surface area contributed by atoms with E-state index in [1.807, 2.05) is 42.5 Å². The summed E-state index contributed by atoms with van der Waals surface area (Å²) in [5.41, 5.74) is -0.201. The molecule has 1 unspecified atom stereocenters. The first kappa shape index (κ1) is 14.5. The molecule has 2 aromatic carbocycles. The molecule has 0 bridgehead atoms. The molecular weight excluding hydrogens is 252 g/mol. The fourth-order valence-electron chi connectivity index (χ4n) is 2.41. The Hall–Kier alpha value is -1.87. The van der Waals surface area contributed by atoms with E-state index < -0.39 is 5.60 Å². The molecule has 1 N–H and O–H groups in total. The van der Waals surface area contributed by atoms with Crippen molar-refractivity contribution in [3.05, 3.63) is 48.0 Å². The molecule has 106 valence electrons. The van der Waals surface area contributed by atoms with Crippen molar-refractivity contribution in [2.24, 2.45) is 0 Å². The van der Waals surface area contributed by atoms with E-state index in [1.54, 1.807) is 13.8 Å². The zero-order valence-corrected chi connectivity index (χ0v) is 11.9. The summed E-state index contributed by atoms with van der Waals surface area (Å²) in [6, 6.07) is 13.8. The van der Waals surface area contributed by atoms with Crippen LogP contribution in [0.15, 0.2) is 42.5 Å². The van der Waals surface area contributed by atoms with Gasteiger partial charge in [0.2, 0.25) is 0 Å². The normalized spacial score (nSPS) is 13.9. The highest BCUT2D eigenvalue weighted by Gasteiger charge is 2.26.